The first-order valence-electron chi connectivity index (χ1n) is 4.49. The summed E-state index contributed by atoms with van der Waals surface area (Å²) in [5.74, 6) is 3.13. The minimum atomic E-state index is 0.214. The van der Waals surface area contributed by atoms with Crippen LogP contribution >= 0.6 is 0 Å². The molecule has 1 aliphatic rings. The number of hydrogen-bond acceptors (Lipinski definition) is 2. The number of Topliss-reactive ketones (excluding diaryl/α,β-unsaturated/α-hetero) is 1. The first-order valence-corrected chi connectivity index (χ1v) is 4.49. The average molecular weight is 165 g/mol. The summed E-state index contributed by atoms with van der Waals surface area (Å²) in [7, 11) is 0. The lowest BCUT2D eigenvalue weighted by Crippen LogP contribution is -2.30. The number of rotatable bonds is 3. The Morgan fingerprint density at radius 3 is 3.08 bits per heavy atom. The number of carbonyl (C=O) groups is 1. The standard InChI is InChI=1S/C10H15NO/c1-2-4-10(12)7-9-5-3-6-11-8-9/h1,9,11H,3-8H2. The highest BCUT2D eigenvalue weighted by Crippen LogP contribution is 2.14. The first-order chi connectivity index (χ1) is 5.83. The maximum Gasteiger partial charge on any atom is 0.145 e. The maximum absolute atomic E-state index is 11.1. The molecule has 2 nitrogen and oxygen atoms in total. The SMILES string of the molecule is C#CCC(=O)CC1CCCNC1. The third kappa shape index (κ3) is 3.06. The molecule has 0 bridgehead atoms. The molecule has 1 atom stereocenters. The Labute approximate surface area is 73.7 Å². The van der Waals surface area contributed by atoms with Crippen molar-refractivity contribution < 1.29 is 4.79 Å². The van der Waals surface area contributed by atoms with Gasteiger partial charge in [-0.05, 0) is 31.8 Å². The molecule has 0 aromatic rings. The Balaban J connectivity index is 2.21. The van der Waals surface area contributed by atoms with Crippen LogP contribution in [0.25, 0.3) is 0 Å². The normalized spacial score (nSPS) is 23.1. The van der Waals surface area contributed by atoms with Gasteiger partial charge < -0.3 is 5.32 Å². The van der Waals surface area contributed by atoms with Gasteiger partial charge >= 0.3 is 0 Å². The van der Waals surface area contributed by atoms with Crippen LogP contribution in [0.1, 0.15) is 25.7 Å². The molecule has 1 saturated heterocycles. The van der Waals surface area contributed by atoms with Crippen molar-refractivity contribution in [2.45, 2.75) is 25.7 Å². The summed E-state index contributed by atoms with van der Waals surface area (Å²) < 4.78 is 0. The number of nitrogens with one attached hydrogen (secondary N) is 1. The number of ketones is 1. The molecule has 1 aliphatic heterocycles. The quantitative estimate of drug-likeness (QED) is 0.631. The van der Waals surface area contributed by atoms with Gasteiger partial charge in [0.05, 0.1) is 6.42 Å². The maximum atomic E-state index is 11.1. The third-order valence-corrected chi connectivity index (χ3v) is 2.21. The molecular weight excluding hydrogens is 150 g/mol. The largest absolute Gasteiger partial charge is 0.316 e. The number of carbonyl (C=O) groups excluding carboxylic acids is 1. The van der Waals surface area contributed by atoms with Gasteiger partial charge in [0.25, 0.3) is 0 Å². The summed E-state index contributed by atoms with van der Waals surface area (Å²) in [6.07, 6.45) is 8.37. The molecule has 2 heteroatoms. The number of piperidine rings is 1. The van der Waals surface area contributed by atoms with Gasteiger partial charge in [0.15, 0.2) is 0 Å². The molecule has 66 valence electrons. The smallest absolute Gasteiger partial charge is 0.145 e. The Morgan fingerprint density at radius 2 is 2.50 bits per heavy atom. The van der Waals surface area contributed by atoms with Crippen LogP contribution in [-0.2, 0) is 4.79 Å². The van der Waals surface area contributed by atoms with E-state index in [0.29, 0.717) is 18.8 Å². The van der Waals surface area contributed by atoms with Crippen molar-refractivity contribution in [2.75, 3.05) is 13.1 Å². The molecule has 12 heavy (non-hydrogen) atoms. The summed E-state index contributed by atoms with van der Waals surface area (Å²) >= 11 is 0. The molecule has 0 aromatic carbocycles. The molecule has 1 N–H and O–H groups in total. The molecule has 1 unspecified atom stereocenters. The molecule has 1 rings (SSSR count). The van der Waals surface area contributed by atoms with E-state index in [4.69, 9.17) is 6.42 Å². The van der Waals surface area contributed by atoms with E-state index >= 15 is 0 Å². The number of terminal acetylenes is 1. The Hall–Kier alpha value is -0.810. The third-order valence-electron chi connectivity index (χ3n) is 2.21. The second-order valence-corrected chi connectivity index (χ2v) is 3.34. The zero-order valence-corrected chi connectivity index (χ0v) is 7.31. The zero-order chi connectivity index (χ0) is 8.81. The van der Waals surface area contributed by atoms with Gasteiger partial charge in [-0.2, -0.15) is 0 Å². The molecule has 1 heterocycles. The summed E-state index contributed by atoms with van der Waals surface area (Å²) in [4.78, 5) is 11.1. The highest BCUT2D eigenvalue weighted by atomic mass is 16.1. The van der Waals surface area contributed by atoms with E-state index in [2.05, 4.69) is 11.2 Å². The van der Waals surface area contributed by atoms with Crippen LogP contribution in [0.4, 0.5) is 0 Å². The van der Waals surface area contributed by atoms with E-state index in [9.17, 15) is 4.79 Å². The van der Waals surface area contributed by atoms with Crippen molar-refractivity contribution in [2.24, 2.45) is 5.92 Å². The van der Waals surface area contributed by atoms with Gasteiger partial charge in [0.2, 0.25) is 0 Å². The minimum absolute atomic E-state index is 0.214. The molecule has 1 fully saturated rings. The number of hydrogen-bond donors (Lipinski definition) is 1. The molecule has 0 saturated carbocycles. The summed E-state index contributed by atoms with van der Waals surface area (Å²) in [5, 5.41) is 3.28. The fourth-order valence-corrected chi connectivity index (χ4v) is 1.61. The van der Waals surface area contributed by atoms with Crippen molar-refractivity contribution in [1.82, 2.24) is 5.32 Å². The molecule has 0 amide bonds. The Morgan fingerprint density at radius 1 is 1.67 bits per heavy atom. The fourth-order valence-electron chi connectivity index (χ4n) is 1.61. The molecular formula is C10H15NO. The second-order valence-electron chi connectivity index (χ2n) is 3.34. The van der Waals surface area contributed by atoms with Gasteiger partial charge in [-0.1, -0.05) is 5.92 Å². The lowest BCUT2D eigenvalue weighted by atomic mass is 9.93. The van der Waals surface area contributed by atoms with Crippen LogP contribution < -0.4 is 5.32 Å². The van der Waals surface area contributed by atoms with Crippen molar-refractivity contribution in [3.8, 4) is 12.3 Å². The van der Waals surface area contributed by atoms with E-state index in [-0.39, 0.29) is 5.78 Å². The highest BCUT2D eigenvalue weighted by Gasteiger charge is 2.15. The van der Waals surface area contributed by atoms with Gasteiger partial charge in [0, 0.05) is 6.42 Å². The topological polar surface area (TPSA) is 29.1 Å². The Kier molecular flexibility index (Phi) is 3.83. The van der Waals surface area contributed by atoms with Crippen LogP contribution in [0, 0.1) is 18.3 Å². The van der Waals surface area contributed by atoms with Crippen LogP contribution in [0.5, 0.6) is 0 Å². The van der Waals surface area contributed by atoms with Crippen LogP contribution in [-0.4, -0.2) is 18.9 Å². The second kappa shape index (κ2) is 4.95. The van der Waals surface area contributed by atoms with Gasteiger partial charge in [-0.15, -0.1) is 6.42 Å². The molecule has 0 aliphatic carbocycles. The molecule has 0 spiro atoms. The van der Waals surface area contributed by atoms with E-state index < -0.39 is 0 Å². The fraction of sp³-hybridized carbons (Fsp3) is 0.700. The van der Waals surface area contributed by atoms with Crippen molar-refractivity contribution >= 4 is 5.78 Å². The van der Waals surface area contributed by atoms with Crippen molar-refractivity contribution in [1.29, 1.82) is 0 Å². The van der Waals surface area contributed by atoms with E-state index in [1.807, 2.05) is 0 Å². The lowest BCUT2D eigenvalue weighted by molar-refractivity contribution is -0.119. The monoisotopic (exact) mass is 165 g/mol. The first kappa shape index (κ1) is 9.28. The molecule has 0 radical (unpaired) electrons. The summed E-state index contributed by atoms with van der Waals surface area (Å²) in [6, 6.07) is 0. The molecule has 0 aromatic heterocycles. The van der Waals surface area contributed by atoms with Gasteiger partial charge in [0.1, 0.15) is 5.78 Å². The van der Waals surface area contributed by atoms with Crippen molar-refractivity contribution in [3.05, 3.63) is 0 Å². The predicted molar refractivity (Wildman–Crippen MR) is 48.7 cm³/mol. The Bertz CT molecular complexity index is 187. The zero-order valence-electron chi connectivity index (χ0n) is 7.31. The van der Waals surface area contributed by atoms with Crippen molar-refractivity contribution in [3.63, 3.8) is 0 Å². The van der Waals surface area contributed by atoms with Crippen LogP contribution in [0.3, 0.4) is 0 Å². The van der Waals surface area contributed by atoms with E-state index in [0.717, 1.165) is 13.1 Å². The van der Waals surface area contributed by atoms with Crippen LogP contribution in [0.15, 0.2) is 0 Å². The van der Waals surface area contributed by atoms with Gasteiger partial charge in [-0.25, -0.2) is 0 Å². The predicted octanol–water partition coefficient (Wildman–Crippen LogP) is 0.968. The summed E-state index contributed by atoms with van der Waals surface area (Å²) in [6.45, 7) is 2.08. The van der Waals surface area contributed by atoms with E-state index in [1.54, 1.807) is 0 Å². The average Bonchev–Trinajstić information content (AvgIpc) is 2.06. The summed E-state index contributed by atoms with van der Waals surface area (Å²) in [5.41, 5.74) is 0. The highest BCUT2D eigenvalue weighted by molar-refractivity contribution is 5.80. The lowest BCUT2D eigenvalue weighted by Gasteiger charge is -2.21. The van der Waals surface area contributed by atoms with E-state index in [1.165, 1.54) is 12.8 Å². The minimum Gasteiger partial charge on any atom is -0.316 e. The van der Waals surface area contributed by atoms with Crippen LogP contribution in [0.2, 0.25) is 0 Å². The van der Waals surface area contributed by atoms with Gasteiger partial charge in [-0.3, -0.25) is 4.79 Å².